The summed E-state index contributed by atoms with van der Waals surface area (Å²) in [5.74, 6) is -0.233. The number of rotatable bonds is 7. The van der Waals surface area contributed by atoms with E-state index in [1.807, 2.05) is 35.2 Å². The Morgan fingerprint density at radius 1 is 1.18 bits per heavy atom. The molecule has 0 aromatic heterocycles. The molecular formula is C21H23BrN2O4. The van der Waals surface area contributed by atoms with Crippen molar-refractivity contribution in [3.05, 3.63) is 46.4 Å². The van der Waals surface area contributed by atoms with Gasteiger partial charge in [0, 0.05) is 37.7 Å². The molecule has 3 N–H and O–H groups in total. The number of nitrogens with one attached hydrogen (secondary N) is 1. The first-order valence-electron chi connectivity index (χ1n) is 9.30. The molecule has 2 amide bonds. The lowest BCUT2D eigenvalue weighted by atomic mass is 9.96. The van der Waals surface area contributed by atoms with Gasteiger partial charge >= 0.3 is 0 Å². The van der Waals surface area contributed by atoms with Crippen LogP contribution in [0.4, 0.5) is 0 Å². The minimum absolute atomic E-state index is 0.00934. The van der Waals surface area contributed by atoms with Crippen LogP contribution in [0.2, 0.25) is 0 Å². The Morgan fingerprint density at radius 3 is 2.61 bits per heavy atom. The number of aromatic hydroxyl groups is 2. The molecule has 0 atom stereocenters. The molecule has 1 aliphatic heterocycles. The van der Waals surface area contributed by atoms with Gasteiger partial charge in [0.05, 0.1) is 10.9 Å². The minimum atomic E-state index is -0.212. The normalized spacial score (nSPS) is 13.8. The van der Waals surface area contributed by atoms with Crippen LogP contribution in [-0.4, -0.2) is 46.6 Å². The summed E-state index contributed by atoms with van der Waals surface area (Å²) in [6, 6.07) is 10.5. The lowest BCUT2D eigenvalue weighted by Gasteiger charge is -2.17. The number of amides is 2. The number of phenolic OH excluding ortho intramolecular Hbond substituents is 2. The summed E-state index contributed by atoms with van der Waals surface area (Å²) in [6.07, 6.45) is 2.22. The second kappa shape index (κ2) is 9.10. The number of hydrogen-bond acceptors (Lipinski definition) is 4. The fourth-order valence-corrected chi connectivity index (χ4v) is 3.89. The largest absolute Gasteiger partial charge is 0.507 e. The third kappa shape index (κ3) is 4.65. The van der Waals surface area contributed by atoms with Crippen LogP contribution in [0.25, 0.3) is 11.1 Å². The molecular weight excluding hydrogens is 424 g/mol. The quantitative estimate of drug-likeness (QED) is 0.569. The predicted octanol–water partition coefficient (Wildman–Crippen LogP) is 3.20. The summed E-state index contributed by atoms with van der Waals surface area (Å²) < 4.78 is 0.391. The van der Waals surface area contributed by atoms with E-state index in [-0.39, 0.29) is 29.7 Å². The fourth-order valence-electron chi connectivity index (χ4n) is 3.44. The number of benzene rings is 2. The van der Waals surface area contributed by atoms with Gasteiger partial charge in [-0.1, -0.05) is 30.3 Å². The molecule has 28 heavy (non-hydrogen) atoms. The monoisotopic (exact) mass is 446 g/mol. The first-order chi connectivity index (χ1) is 13.5. The molecule has 1 fully saturated rings. The Kier molecular flexibility index (Phi) is 6.57. The average molecular weight is 447 g/mol. The van der Waals surface area contributed by atoms with Crippen molar-refractivity contribution in [1.29, 1.82) is 0 Å². The number of hydrogen-bond donors (Lipinski definition) is 3. The lowest BCUT2D eigenvalue weighted by molar-refractivity contribution is -0.127. The SMILES string of the molecule is O=C(Cc1c(Br)c(O)cc(O)c1-c1ccccc1)NCCCN1CCCC1=O. The molecule has 0 radical (unpaired) electrons. The van der Waals surface area contributed by atoms with Crippen molar-refractivity contribution in [3.8, 4) is 22.6 Å². The molecule has 1 saturated heterocycles. The lowest BCUT2D eigenvalue weighted by Crippen LogP contribution is -2.31. The van der Waals surface area contributed by atoms with Crippen LogP contribution in [0.1, 0.15) is 24.8 Å². The molecule has 3 rings (SSSR count). The van der Waals surface area contributed by atoms with E-state index in [0.717, 1.165) is 18.5 Å². The van der Waals surface area contributed by atoms with Crippen molar-refractivity contribution < 1.29 is 19.8 Å². The van der Waals surface area contributed by atoms with E-state index in [2.05, 4.69) is 21.2 Å². The standard InChI is InChI=1S/C21H23BrN2O4/c22-21-15(12-18(27)23-9-5-11-24-10-4-8-19(24)28)20(16(25)13-17(21)26)14-6-2-1-3-7-14/h1-3,6-7,13,25-26H,4-5,8-12H2,(H,23,27). The van der Waals surface area contributed by atoms with Crippen LogP contribution >= 0.6 is 15.9 Å². The number of halogens is 1. The molecule has 0 spiro atoms. The molecule has 2 aromatic rings. The van der Waals surface area contributed by atoms with Crippen LogP contribution in [-0.2, 0) is 16.0 Å². The number of phenols is 2. The van der Waals surface area contributed by atoms with E-state index < -0.39 is 0 Å². The average Bonchev–Trinajstić information content (AvgIpc) is 3.09. The highest BCUT2D eigenvalue weighted by Gasteiger charge is 2.21. The smallest absolute Gasteiger partial charge is 0.224 e. The molecule has 1 heterocycles. The van der Waals surface area contributed by atoms with Gasteiger partial charge in [0.25, 0.3) is 0 Å². The molecule has 7 heteroatoms. The zero-order chi connectivity index (χ0) is 20.1. The van der Waals surface area contributed by atoms with Crippen molar-refractivity contribution >= 4 is 27.7 Å². The van der Waals surface area contributed by atoms with Crippen LogP contribution in [0.5, 0.6) is 11.5 Å². The molecule has 0 unspecified atom stereocenters. The number of nitrogens with zero attached hydrogens (tertiary/aromatic N) is 1. The van der Waals surface area contributed by atoms with E-state index in [1.165, 1.54) is 6.07 Å². The van der Waals surface area contributed by atoms with Crippen molar-refractivity contribution in [2.45, 2.75) is 25.7 Å². The molecule has 2 aromatic carbocycles. The highest BCUT2D eigenvalue weighted by Crippen LogP contribution is 2.42. The van der Waals surface area contributed by atoms with Gasteiger partial charge in [0.15, 0.2) is 0 Å². The summed E-state index contributed by atoms with van der Waals surface area (Å²) in [7, 11) is 0. The molecule has 1 aliphatic rings. The summed E-state index contributed by atoms with van der Waals surface area (Å²) in [4.78, 5) is 25.9. The van der Waals surface area contributed by atoms with Crippen molar-refractivity contribution in [2.24, 2.45) is 0 Å². The first-order valence-corrected chi connectivity index (χ1v) is 10.1. The van der Waals surface area contributed by atoms with Gasteiger partial charge in [-0.2, -0.15) is 0 Å². The topological polar surface area (TPSA) is 89.9 Å². The Bertz CT molecular complexity index is 870. The van der Waals surface area contributed by atoms with Gasteiger partial charge in [-0.15, -0.1) is 0 Å². The molecule has 0 bridgehead atoms. The van der Waals surface area contributed by atoms with Gasteiger partial charge in [-0.3, -0.25) is 9.59 Å². The van der Waals surface area contributed by atoms with Crippen LogP contribution in [0.3, 0.4) is 0 Å². The minimum Gasteiger partial charge on any atom is -0.507 e. The van der Waals surface area contributed by atoms with Crippen molar-refractivity contribution in [2.75, 3.05) is 19.6 Å². The molecule has 6 nitrogen and oxygen atoms in total. The maximum Gasteiger partial charge on any atom is 0.224 e. The zero-order valence-electron chi connectivity index (χ0n) is 15.4. The highest BCUT2D eigenvalue weighted by atomic mass is 79.9. The molecule has 0 saturated carbocycles. The van der Waals surface area contributed by atoms with Gasteiger partial charge in [0.1, 0.15) is 11.5 Å². The van der Waals surface area contributed by atoms with Gasteiger partial charge in [-0.05, 0) is 39.9 Å². The Morgan fingerprint density at radius 2 is 1.93 bits per heavy atom. The fraction of sp³-hybridized carbons (Fsp3) is 0.333. The van der Waals surface area contributed by atoms with E-state index in [1.54, 1.807) is 0 Å². The number of carbonyl (C=O) groups is 2. The maximum absolute atomic E-state index is 12.5. The second-order valence-electron chi connectivity index (χ2n) is 6.81. The van der Waals surface area contributed by atoms with Gasteiger partial charge in [-0.25, -0.2) is 0 Å². The third-order valence-corrected chi connectivity index (χ3v) is 5.70. The van der Waals surface area contributed by atoms with E-state index in [9.17, 15) is 19.8 Å². The van der Waals surface area contributed by atoms with Gasteiger partial charge in [0.2, 0.25) is 11.8 Å². The Balaban J connectivity index is 1.67. The van der Waals surface area contributed by atoms with Crippen molar-refractivity contribution in [3.63, 3.8) is 0 Å². The number of carbonyl (C=O) groups excluding carboxylic acids is 2. The molecule has 148 valence electrons. The predicted molar refractivity (Wildman–Crippen MR) is 110 cm³/mol. The maximum atomic E-state index is 12.5. The summed E-state index contributed by atoms with van der Waals surface area (Å²) in [5, 5.41) is 23.3. The van der Waals surface area contributed by atoms with E-state index in [4.69, 9.17) is 0 Å². The summed E-state index contributed by atoms with van der Waals surface area (Å²) in [5.41, 5.74) is 1.80. The van der Waals surface area contributed by atoms with Crippen LogP contribution in [0.15, 0.2) is 40.9 Å². The number of likely N-dealkylation sites (tertiary alicyclic amines) is 1. The van der Waals surface area contributed by atoms with E-state index in [0.29, 0.717) is 41.5 Å². The van der Waals surface area contributed by atoms with E-state index >= 15 is 0 Å². The first kappa shape index (κ1) is 20.2. The van der Waals surface area contributed by atoms with Gasteiger partial charge < -0.3 is 20.4 Å². The highest BCUT2D eigenvalue weighted by molar-refractivity contribution is 9.10. The van der Waals surface area contributed by atoms with Crippen LogP contribution in [0, 0.1) is 0 Å². The Labute approximate surface area is 172 Å². The Hall–Kier alpha value is -2.54. The summed E-state index contributed by atoms with van der Waals surface area (Å²) >= 11 is 3.34. The van der Waals surface area contributed by atoms with Crippen LogP contribution < -0.4 is 5.32 Å². The zero-order valence-corrected chi connectivity index (χ0v) is 17.0. The van der Waals surface area contributed by atoms with Crippen molar-refractivity contribution in [1.82, 2.24) is 10.2 Å². The second-order valence-corrected chi connectivity index (χ2v) is 7.61. The third-order valence-electron chi connectivity index (χ3n) is 4.82. The summed E-state index contributed by atoms with van der Waals surface area (Å²) in [6.45, 7) is 1.90. The molecule has 0 aliphatic carbocycles.